The number of carbonyl (C=O) groups is 1. The van der Waals surface area contributed by atoms with Gasteiger partial charge in [0.25, 0.3) is 0 Å². The molecule has 2 rings (SSSR count). The molecule has 3 heteroatoms. The maximum absolute atomic E-state index is 12.3. The SMILES string of the molecule is CCOC(=O)C(C)(CC1CCC1)Nc1cccc(C)c1. The lowest BCUT2D eigenvalue weighted by Crippen LogP contribution is -2.47. The van der Waals surface area contributed by atoms with Crippen molar-refractivity contribution < 1.29 is 9.53 Å². The molecule has 1 fully saturated rings. The number of hydrogen-bond donors (Lipinski definition) is 1. The molecule has 0 heterocycles. The number of anilines is 1. The second kappa shape index (κ2) is 6.29. The van der Waals surface area contributed by atoms with Crippen molar-refractivity contribution in [3.8, 4) is 0 Å². The Morgan fingerprint density at radius 1 is 1.45 bits per heavy atom. The summed E-state index contributed by atoms with van der Waals surface area (Å²) in [4.78, 5) is 12.3. The Kier molecular flexibility index (Phi) is 4.69. The van der Waals surface area contributed by atoms with E-state index in [9.17, 15) is 4.79 Å². The van der Waals surface area contributed by atoms with Crippen molar-refractivity contribution in [2.24, 2.45) is 5.92 Å². The molecular formula is C17H25NO2. The highest BCUT2D eigenvalue weighted by molar-refractivity contribution is 5.84. The number of esters is 1. The minimum Gasteiger partial charge on any atom is -0.464 e. The van der Waals surface area contributed by atoms with Gasteiger partial charge in [-0.1, -0.05) is 31.4 Å². The van der Waals surface area contributed by atoms with Crippen LogP contribution in [-0.2, 0) is 9.53 Å². The van der Waals surface area contributed by atoms with Gasteiger partial charge in [0, 0.05) is 5.69 Å². The quantitative estimate of drug-likeness (QED) is 0.800. The van der Waals surface area contributed by atoms with E-state index < -0.39 is 5.54 Å². The fraction of sp³-hybridized carbons (Fsp3) is 0.588. The molecule has 3 nitrogen and oxygen atoms in total. The average Bonchev–Trinajstić information content (AvgIpc) is 2.34. The van der Waals surface area contributed by atoms with Gasteiger partial charge in [0.15, 0.2) is 0 Å². The van der Waals surface area contributed by atoms with Crippen LogP contribution in [0.4, 0.5) is 5.69 Å². The molecule has 1 aromatic rings. The van der Waals surface area contributed by atoms with Crippen molar-refractivity contribution in [1.82, 2.24) is 0 Å². The molecule has 20 heavy (non-hydrogen) atoms. The van der Waals surface area contributed by atoms with E-state index in [0.717, 1.165) is 12.1 Å². The number of aryl methyl sites for hydroxylation is 1. The van der Waals surface area contributed by atoms with E-state index in [4.69, 9.17) is 4.74 Å². The normalized spacial score (nSPS) is 17.9. The number of nitrogens with one attached hydrogen (secondary N) is 1. The molecular weight excluding hydrogens is 250 g/mol. The molecule has 0 aliphatic heterocycles. The molecule has 0 radical (unpaired) electrons. The summed E-state index contributed by atoms with van der Waals surface area (Å²) in [6.45, 7) is 6.30. The average molecular weight is 275 g/mol. The highest BCUT2D eigenvalue weighted by Gasteiger charge is 2.38. The van der Waals surface area contributed by atoms with Crippen molar-refractivity contribution in [3.63, 3.8) is 0 Å². The Labute approximate surface area is 121 Å². The Balaban J connectivity index is 2.14. The summed E-state index contributed by atoms with van der Waals surface area (Å²) in [5.74, 6) is 0.495. The number of rotatable bonds is 6. The monoisotopic (exact) mass is 275 g/mol. The van der Waals surface area contributed by atoms with Crippen LogP contribution >= 0.6 is 0 Å². The van der Waals surface area contributed by atoms with Gasteiger partial charge in [0.1, 0.15) is 5.54 Å². The van der Waals surface area contributed by atoms with Gasteiger partial charge in [-0.15, -0.1) is 0 Å². The number of carbonyl (C=O) groups excluding carboxylic acids is 1. The Morgan fingerprint density at radius 2 is 2.20 bits per heavy atom. The lowest BCUT2D eigenvalue weighted by molar-refractivity contribution is -0.148. The molecule has 0 saturated heterocycles. The lowest BCUT2D eigenvalue weighted by Gasteiger charge is -2.36. The van der Waals surface area contributed by atoms with Crippen molar-refractivity contribution in [1.29, 1.82) is 0 Å². The van der Waals surface area contributed by atoms with Crippen LogP contribution in [0, 0.1) is 12.8 Å². The van der Waals surface area contributed by atoms with Gasteiger partial charge in [-0.3, -0.25) is 0 Å². The van der Waals surface area contributed by atoms with E-state index >= 15 is 0 Å². The maximum atomic E-state index is 12.3. The minimum atomic E-state index is -0.630. The number of ether oxygens (including phenoxy) is 1. The predicted octanol–water partition coefficient (Wildman–Crippen LogP) is 3.92. The zero-order valence-corrected chi connectivity index (χ0v) is 12.7. The Hall–Kier alpha value is -1.51. The molecule has 1 saturated carbocycles. The molecule has 1 aliphatic rings. The summed E-state index contributed by atoms with van der Waals surface area (Å²) < 4.78 is 5.28. The highest BCUT2D eigenvalue weighted by atomic mass is 16.5. The first-order valence-electron chi connectivity index (χ1n) is 7.55. The van der Waals surface area contributed by atoms with Crippen molar-refractivity contribution in [2.75, 3.05) is 11.9 Å². The lowest BCUT2D eigenvalue weighted by atomic mass is 9.76. The fourth-order valence-corrected chi connectivity index (χ4v) is 2.79. The minimum absolute atomic E-state index is 0.145. The molecule has 0 spiro atoms. The third-order valence-electron chi connectivity index (χ3n) is 4.09. The maximum Gasteiger partial charge on any atom is 0.331 e. The zero-order chi connectivity index (χ0) is 14.6. The second-order valence-corrected chi connectivity index (χ2v) is 6.05. The molecule has 0 aromatic heterocycles. The van der Waals surface area contributed by atoms with E-state index in [1.165, 1.54) is 24.8 Å². The van der Waals surface area contributed by atoms with E-state index in [0.29, 0.717) is 12.5 Å². The Morgan fingerprint density at radius 3 is 2.75 bits per heavy atom. The molecule has 0 bridgehead atoms. The summed E-state index contributed by atoms with van der Waals surface area (Å²) in [6, 6.07) is 8.13. The van der Waals surface area contributed by atoms with Gasteiger partial charge in [-0.05, 0) is 50.8 Å². The smallest absolute Gasteiger partial charge is 0.331 e. The molecule has 0 amide bonds. The van der Waals surface area contributed by atoms with Crippen molar-refractivity contribution >= 4 is 11.7 Å². The highest BCUT2D eigenvalue weighted by Crippen LogP contribution is 2.35. The molecule has 1 aliphatic carbocycles. The Bertz CT molecular complexity index is 468. The topological polar surface area (TPSA) is 38.3 Å². The van der Waals surface area contributed by atoms with Gasteiger partial charge >= 0.3 is 5.97 Å². The molecule has 1 N–H and O–H groups in total. The summed E-state index contributed by atoms with van der Waals surface area (Å²) in [5, 5.41) is 3.41. The predicted molar refractivity (Wildman–Crippen MR) is 81.8 cm³/mol. The van der Waals surface area contributed by atoms with E-state index in [-0.39, 0.29) is 5.97 Å². The van der Waals surface area contributed by atoms with Crippen LogP contribution in [0.1, 0.15) is 45.1 Å². The zero-order valence-electron chi connectivity index (χ0n) is 12.7. The first kappa shape index (κ1) is 14.9. The molecule has 1 aromatic carbocycles. The fourth-order valence-electron chi connectivity index (χ4n) is 2.79. The van der Waals surface area contributed by atoms with Crippen LogP contribution < -0.4 is 5.32 Å². The van der Waals surface area contributed by atoms with Crippen molar-refractivity contribution in [3.05, 3.63) is 29.8 Å². The number of benzene rings is 1. The molecule has 1 atom stereocenters. The summed E-state index contributed by atoms with van der Waals surface area (Å²) in [5.41, 5.74) is 1.54. The largest absolute Gasteiger partial charge is 0.464 e. The van der Waals surface area contributed by atoms with Gasteiger partial charge < -0.3 is 10.1 Å². The molecule has 1 unspecified atom stereocenters. The van der Waals surface area contributed by atoms with E-state index in [1.54, 1.807) is 0 Å². The summed E-state index contributed by atoms with van der Waals surface area (Å²) in [6.07, 6.45) is 4.59. The van der Waals surface area contributed by atoms with E-state index in [1.807, 2.05) is 26.0 Å². The van der Waals surface area contributed by atoms with Crippen LogP contribution in [0.15, 0.2) is 24.3 Å². The van der Waals surface area contributed by atoms with Gasteiger partial charge in [-0.25, -0.2) is 4.79 Å². The summed E-state index contributed by atoms with van der Waals surface area (Å²) >= 11 is 0. The van der Waals surface area contributed by atoms with Gasteiger partial charge in [0.2, 0.25) is 0 Å². The second-order valence-electron chi connectivity index (χ2n) is 6.05. The van der Waals surface area contributed by atoms with Crippen LogP contribution in [-0.4, -0.2) is 18.1 Å². The van der Waals surface area contributed by atoms with Crippen molar-refractivity contribution in [2.45, 2.75) is 52.0 Å². The third kappa shape index (κ3) is 3.53. The van der Waals surface area contributed by atoms with Crippen LogP contribution in [0.3, 0.4) is 0 Å². The molecule has 110 valence electrons. The third-order valence-corrected chi connectivity index (χ3v) is 4.09. The summed E-state index contributed by atoms with van der Waals surface area (Å²) in [7, 11) is 0. The first-order chi connectivity index (χ1) is 9.53. The van der Waals surface area contributed by atoms with Gasteiger partial charge in [-0.2, -0.15) is 0 Å². The van der Waals surface area contributed by atoms with Crippen LogP contribution in [0.25, 0.3) is 0 Å². The van der Waals surface area contributed by atoms with Gasteiger partial charge in [0.05, 0.1) is 6.61 Å². The van der Waals surface area contributed by atoms with Crippen LogP contribution in [0.2, 0.25) is 0 Å². The van der Waals surface area contributed by atoms with E-state index in [2.05, 4.69) is 24.4 Å². The van der Waals surface area contributed by atoms with Crippen LogP contribution in [0.5, 0.6) is 0 Å². The first-order valence-corrected chi connectivity index (χ1v) is 7.55. The number of hydrogen-bond acceptors (Lipinski definition) is 3. The standard InChI is InChI=1S/C17H25NO2/c1-4-20-16(19)17(3,12-14-8-6-9-14)18-15-10-5-7-13(2)11-15/h5,7,10-11,14,18H,4,6,8-9,12H2,1-3H3.